The monoisotopic (exact) mass is 347 g/mol. The fraction of sp³-hybridized carbons (Fsp3) is 0.462. The summed E-state index contributed by atoms with van der Waals surface area (Å²) in [6, 6.07) is 6.50. The molecule has 4 nitrogen and oxygen atoms in total. The van der Waals surface area contributed by atoms with Gasteiger partial charge in [0.05, 0.1) is 9.72 Å². The average molecular weight is 348 g/mol. The lowest BCUT2D eigenvalue weighted by Gasteiger charge is -2.13. The number of hydrogen-bond acceptors (Lipinski definition) is 3. The Bertz CT molecular complexity index is 538. The molecule has 0 aromatic heterocycles. The second-order valence-corrected chi connectivity index (χ2v) is 7.78. The van der Waals surface area contributed by atoms with Gasteiger partial charge in [0, 0.05) is 12.8 Å². The van der Waals surface area contributed by atoms with Crippen LogP contribution in [0.25, 0.3) is 0 Å². The number of rotatable bonds is 5. The lowest BCUT2D eigenvalue weighted by Crippen LogP contribution is -2.33. The topological polar surface area (TPSA) is 63.2 Å². The second kappa shape index (κ2) is 6.52. The molecule has 0 saturated heterocycles. The first-order valence-electron chi connectivity index (χ1n) is 5.92. The summed E-state index contributed by atoms with van der Waals surface area (Å²) in [7, 11) is -3.17. The first kappa shape index (κ1) is 16.2. The maximum Gasteiger partial charge on any atom is 0.234 e. The van der Waals surface area contributed by atoms with E-state index in [4.69, 9.17) is 0 Å². The summed E-state index contributed by atoms with van der Waals surface area (Å²) in [5.41, 5.74) is 0.865. The summed E-state index contributed by atoms with van der Waals surface area (Å²) in [6.07, 6.45) is 1.17. The molecule has 1 atom stereocenters. The van der Waals surface area contributed by atoms with Crippen molar-refractivity contribution in [3.05, 3.63) is 29.8 Å². The first-order valence-corrected chi connectivity index (χ1v) is 8.73. The number of amides is 1. The van der Waals surface area contributed by atoms with Crippen LogP contribution in [-0.2, 0) is 21.2 Å². The Labute approximate surface area is 122 Å². The normalized spacial score (nSPS) is 13.3. The van der Waals surface area contributed by atoms with Gasteiger partial charge in [-0.15, -0.1) is 0 Å². The molecule has 19 heavy (non-hydrogen) atoms. The highest BCUT2D eigenvalue weighted by atomic mass is 79.9. The van der Waals surface area contributed by atoms with E-state index >= 15 is 0 Å². The van der Waals surface area contributed by atoms with Crippen molar-refractivity contribution in [2.24, 2.45) is 5.92 Å². The quantitative estimate of drug-likeness (QED) is 0.829. The number of alkyl halides is 1. The summed E-state index contributed by atoms with van der Waals surface area (Å²) in [4.78, 5) is 11.8. The van der Waals surface area contributed by atoms with Gasteiger partial charge in [0.2, 0.25) is 5.91 Å². The second-order valence-electron chi connectivity index (χ2n) is 4.78. The number of carbonyl (C=O) groups is 1. The number of carbonyl (C=O) groups excluding carboxylic acids is 1. The molecule has 1 aromatic carbocycles. The van der Waals surface area contributed by atoms with Crippen LogP contribution in [0, 0.1) is 5.92 Å². The van der Waals surface area contributed by atoms with Gasteiger partial charge in [-0.1, -0.05) is 41.9 Å². The molecule has 0 aliphatic carbocycles. The Morgan fingerprint density at radius 2 is 1.79 bits per heavy atom. The standard InChI is InChI=1S/C13H18BrNO3S/c1-9(2)12(14)13(16)15-8-10-4-6-11(7-5-10)19(3,17)18/h4-7,9,12H,8H2,1-3H3,(H,15,16). The Hall–Kier alpha value is -0.880. The molecule has 106 valence electrons. The molecule has 0 aliphatic heterocycles. The zero-order valence-electron chi connectivity index (χ0n) is 11.2. The van der Waals surface area contributed by atoms with E-state index in [0.29, 0.717) is 6.54 Å². The predicted molar refractivity (Wildman–Crippen MR) is 79.0 cm³/mol. The first-order chi connectivity index (χ1) is 8.71. The minimum atomic E-state index is -3.17. The number of halogens is 1. The fourth-order valence-electron chi connectivity index (χ4n) is 1.44. The summed E-state index contributed by atoms with van der Waals surface area (Å²) in [5.74, 6) is 0.148. The van der Waals surface area contributed by atoms with Crippen molar-refractivity contribution in [3.63, 3.8) is 0 Å². The van der Waals surface area contributed by atoms with Crippen molar-refractivity contribution in [1.82, 2.24) is 5.32 Å². The molecule has 0 saturated carbocycles. The molecule has 0 aliphatic rings. The van der Waals surface area contributed by atoms with E-state index in [9.17, 15) is 13.2 Å². The molecule has 6 heteroatoms. The maximum absolute atomic E-state index is 11.7. The summed E-state index contributed by atoms with van der Waals surface area (Å²) in [6.45, 7) is 4.30. The van der Waals surface area contributed by atoms with E-state index in [1.807, 2.05) is 13.8 Å². The highest BCUT2D eigenvalue weighted by molar-refractivity contribution is 9.10. The number of nitrogens with one attached hydrogen (secondary N) is 1. The van der Waals surface area contributed by atoms with Crippen LogP contribution in [-0.4, -0.2) is 25.4 Å². The maximum atomic E-state index is 11.7. The summed E-state index contributed by atoms with van der Waals surface area (Å²) in [5, 5.41) is 2.80. The van der Waals surface area contributed by atoms with Crippen LogP contribution in [0.15, 0.2) is 29.2 Å². The Morgan fingerprint density at radius 1 is 1.26 bits per heavy atom. The highest BCUT2D eigenvalue weighted by Gasteiger charge is 2.17. The molecule has 0 bridgehead atoms. The van der Waals surface area contributed by atoms with Crippen LogP contribution in [0.5, 0.6) is 0 Å². The molecule has 1 rings (SSSR count). The molecular weight excluding hydrogens is 330 g/mol. The van der Waals surface area contributed by atoms with Gasteiger partial charge < -0.3 is 5.32 Å². The number of benzene rings is 1. The van der Waals surface area contributed by atoms with Crippen molar-refractivity contribution in [1.29, 1.82) is 0 Å². The van der Waals surface area contributed by atoms with Crippen molar-refractivity contribution in [2.75, 3.05) is 6.26 Å². The largest absolute Gasteiger partial charge is 0.351 e. The third-order valence-corrected chi connectivity index (χ3v) is 5.26. The highest BCUT2D eigenvalue weighted by Crippen LogP contribution is 2.13. The lowest BCUT2D eigenvalue weighted by atomic mass is 10.1. The predicted octanol–water partition coefficient (Wildman–Crippen LogP) is 2.13. The van der Waals surface area contributed by atoms with E-state index in [1.54, 1.807) is 24.3 Å². The molecular formula is C13H18BrNO3S. The van der Waals surface area contributed by atoms with Crippen molar-refractivity contribution < 1.29 is 13.2 Å². The Balaban J connectivity index is 2.63. The molecule has 1 aromatic rings. The molecule has 0 fully saturated rings. The summed E-state index contributed by atoms with van der Waals surface area (Å²) >= 11 is 3.33. The zero-order valence-corrected chi connectivity index (χ0v) is 13.6. The fourth-order valence-corrected chi connectivity index (χ4v) is 2.24. The zero-order chi connectivity index (χ0) is 14.6. The van der Waals surface area contributed by atoms with Gasteiger partial charge in [0.15, 0.2) is 9.84 Å². The van der Waals surface area contributed by atoms with E-state index < -0.39 is 9.84 Å². The molecule has 0 spiro atoms. The summed E-state index contributed by atoms with van der Waals surface area (Å²) < 4.78 is 22.6. The van der Waals surface area contributed by atoms with Gasteiger partial charge in [-0.05, 0) is 23.6 Å². The molecule has 1 unspecified atom stereocenters. The van der Waals surface area contributed by atoms with Gasteiger partial charge in [0.1, 0.15) is 0 Å². The van der Waals surface area contributed by atoms with Gasteiger partial charge in [-0.25, -0.2) is 8.42 Å². The minimum Gasteiger partial charge on any atom is -0.351 e. The van der Waals surface area contributed by atoms with Gasteiger partial charge in [-0.2, -0.15) is 0 Å². The third kappa shape index (κ3) is 4.95. The average Bonchev–Trinajstić information content (AvgIpc) is 2.34. The van der Waals surface area contributed by atoms with Crippen molar-refractivity contribution in [3.8, 4) is 0 Å². The van der Waals surface area contributed by atoms with Crippen LogP contribution >= 0.6 is 15.9 Å². The SMILES string of the molecule is CC(C)C(Br)C(=O)NCc1ccc(S(C)(=O)=O)cc1. The van der Waals surface area contributed by atoms with Crippen molar-refractivity contribution >= 4 is 31.7 Å². The van der Waals surface area contributed by atoms with Crippen LogP contribution in [0.4, 0.5) is 0 Å². The van der Waals surface area contributed by atoms with E-state index in [1.165, 1.54) is 6.26 Å². The molecule has 1 N–H and O–H groups in total. The van der Waals surface area contributed by atoms with Gasteiger partial charge in [0.25, 0.3) is 0 Å². The molecule has 0 heterocycles. The Morgan fingerprint density at radius 3 is 2.21 bits per heavy atom. The van der Waals surface area contributed by atoms with Crippen LogP contribution in [0.3, 0.4) is 0 Å². The van der Waals surface area contributed by atoms with E-state index in [0.717, 1.165) is 5.56 Å². The van der Waals surface area contributed by atoms with Crippen molar-refractivity contribution in [2.45, 2.75) is 30.1 Å². The smallest absolute Gasteiger partial charge is 0.234 e. The van der Waals surface area contributed by atoms with Gasteiger partial charge >= 0.3 is 0 Å². The molecule has 0 radical (unpaired) electrons. The minimum absolute atomic E-state index is 0.0674. The van der Waals surface area contributed by atoms with E-state index in [-0.39, 0.29) is 21.5 Å². The Kier molecular flexibility index (Phi) is 5.55. The third-order valence-electron chi connectivity index (χ3n) is 2.65. The van der Waals surface area contributed by atoms with Crippen LogP contribution in [0.1, 0.15) is 19.4 Å². The van der Waals surface area contributed by atoms with Crippen LogP contribution in [0.2, 0.25) is 0 Å². The number of hydrogen-bond donors (Lipinski definition) is 1. The molecule has 1 amide bonds. The number of sulfone groups is 1. The van der Waals surface area contributed by atoms with Crippen LogP contribution < -0.4 is 5.32 Å². The van der Waals surface area contributed by atoms with Gasteiger partial charge in [-0.3, -0.25) is 4.79 Å². The lowest BCUT2D eigenvalue weighted by molar-refractivity contribution is -0.121. The van der Waals surface area contributed by atoms with E-state index in [2.05, 4.69) is 21.2 Å².